The summed E-state index contributed by atoms with van der Waals surface area (Å²) in [5.41, 5.74) is 2.85. The lowest BCUT2D eigenvalue weighted by Gasteiger charge is -2.23. The van der Waals surface area contributed by atoms with Gasteiger partial charge in [-0.2, -0.15) is 0 Å². The van der Waals surface area contributed by atoms with Gasteiger partial charge in [-0.05, 0) is 34.1 Å². The van der Waals surface area contributed by atoms with E-state index in [2.05, 4.69) is 20.5 Å². The summed E-state index contributed by atoms with van der Waals surface area (Å²) in [6, 6.07) is 5.95. The molecule has 1 aromatic carbocycles. The average Bonchev–Trinajstić information content (AvgIpc) is 2.69. The van der Waals surface area contributed by atoms with Crippen molar-refractivity contribution in [3.8, 4) is 5.75 Å². The maximum absolute atomic E-state index is 12.1. The van der Waals surface area contributed by atoms with Crippen LogP contribution in [0.2, 0.25) is 0 Å². The molecule has 0 saturated carbocycles. The van der Waals surface area contributed by atoms with Crippen LogP contribution in [0.4, 0.5) is 0 Å². The molecular formula is C14H15BrN2O2. The maximum Gasteiger partial charge on any atom is 0.209 e. The SMILES string of the molecule is COc1ccc2c(c1)c(Br)c1n2CC(C)[N+]([O-])=C1C. The van der Waals surface area contributed by atoms with Gasteiger partial charge in [0.25, 0.3) is 0 Å². The Morgan fingerprint density at radius 1 is 1.47 bits per heavy atom. The Balaban J connectivity index is 2.36. The zero-order valence-corrected chi connectivity index (χ0v) is 12.7. The molecule has 19 heavy (non-hydrogen) atoms. The Labute approximate surface area is 120 Å². The highest BCUT2D eigenvalue weighted by atomic mass is 79.9. The van der Waals surface area contributed by atoms with Gasteiger partial charge in [0.05, 0.1) is 23.6 Å². The molecule has 0 saturated heterocycles. The van der Waals surface area contributed by atoms with Crippen LogP contribution in [0.5, 0.6) is 5.75 Å². The first-order valence-electron chi connectivity index (χ1n) is 6.20. The third-order valence-electron chi connectivity index (χ3n) is 3.73. The second-order valence-corrected chi connectivity index (χ2v) is 5.71. The highest BCUT2D eigenvalue weighted by Gasteiger charge is 2.29. The second-order valence-electron chi connectivity index (χ2n) is 4.92. The van der Waals surface area contributed by atoms with Crippen molar-refractivity contribution in [3.63, 3.8) is 0 Å². The highest BCUT2D eigenvalue weighted by molar-refractivity contribution is 9.10. The summed E-state index contributed by atoms with van der Waals surface area (Å²) in [5, 5.41) is 13.1. The summed E-state index contributed by atoms with van der Waals surface area (Å²) in [6.07, 6.45) is 0. The topological polar surface area (TPSA) is 40.2 Å². The summed E-state index contributed by atoms with van der Waals surface area (Å²) < 4.78 is 9.53. The van der Waals surface area contributed by atoms with Crippen molar-refractivity contribution in [2.45, 2.75) is 26.4 Å². The van der Waals surface area contributed by atoms with Crippen LogP contribution in [0.15, 0.2) is 22.7 Å². The summed E-state index contributed by atoms with van der Waals surface area (Å²) in [6.45, 7) is 4.52. The van der Waals surface area contributed by atoms with Crippen LogP contribution in [0.3, 0.4) is 0 Å². The van der Waals surface area contributed by atoms with Crippen molar-refractivity contribution < 1.29 is 9.48 Å². The van der Waals surface area contributed by atoms with Gasteiger partial charge >= 0.3 is 0 Å². The van der Waals surface area contributed by atoms with Crippen LogP contribution >= 0.6 is 15.9 Å². The number of aromatic nitrogens is 1. The Morgan fingerprint density at radius 3 is 2.89 bits per heavy atom. The lowest BCUT2D eigenvalue weighted by molar-refractivity contribution is -0.502. The molecule has 1 aliphatic heterocycles. The zero-order valence-electron chi connectivity index (χ0n) is 11.1. The zero-order chi connectivity index (χ0) is 13.7. The molecule has 0 fully saturated rings. The fraction of sp³-hybridized carbons (Fsp3) is 0.357. The molecule has 1 atom stereocenters. The number of methoxy groups -OCH3 is 1. The number of ether oxygens (including phenoxy) is 1. The third-order valence-corrected chi connectivity index (χ3v) is 4.53. The smallest absolute Gasteiger partial charge is 0.209 e. The van der Waals surface area contributed by atoms with Crippen LogP contribution in [0.25, 0.3) is 10.9 Å². The van der Waals surface area contributed by atoms with Crippen molar-refractivity contribution >= 4 is 32.5 Å². The largest absolute Gasteiger partial charge is 0.623 e. The van der Waals surface area contributed by atoms with E-state index in [9.17, 15) is 5.21 Å². The normalized spacial score (nSPS) is 18.8. The van der Waals surface area contributed by atoms with Gasteiger partial charge in [-0.25, -0.2) is 4.74 Å². The van der Waals surface area contributed by atoms with Crippen LogP contribution in [-0.2, 0) is 6.54 Å². The van der Waals surface area contributed by atoms with E-state index >= 15 is 0 Å². The van der Waals surface area contributed by atoms with Crippen LogP contribution in [0.1, 0.15) is 19.5 Å². The number of nitrogens with zero attached hydrogens (tertiary/aromatic N) is 2. The molecule has 4 nitrogen and oxygen atoms in total. The number of hydrogen-bond donors (Lipinski definition) is 0. The number of hydroxylamine groups is 1. The summed E-state index contributed by atoms with van der Waals surface area (Å²) in [5.74, 6) is 0.820. The number of fused-ring (bicyclic) bond motifs is 3. The molecule has 2 heterocycles. The predicted octanol–water partition coefficient (Wildman–Crippen LogP) is 3.13. The van der Waals surface area contributed by atoms with Crippen LogP contribution in [0, 0.1) is 5.21 Å². The molecule has 0 aliphatic carbocycles. The molecule has 1 aliphatic rings. The minimum atomic E-state index is -0.0444. The number of rotatable bonds is 1. The van der Waals surface area contributed by atoms with E-state index in [-0.39, 0.29) is 6.04 Å². The fourth-order valence-corrected chi connectivity index (χ4v) is 3.56. The van der Waals surface area contributed by atoms with Crippen molar-refractivity contribution in [1.82, 2.24) is 4.57 Å². The van der Waals surface area contributed by atoms with Gasteiger partial charge in [-0.1, -0.05) is 0 Å². The lowest BCUT2D eigenvalue weighted by atomic mass is 10.2. The molecular weight excluding hydrogens is 308 g/mol. The molecule has 0 spiro atoms. The predicted molar refractivity (Wildman–Crippen MR) is 79.1 cm³/mol. The van der Waals surface area contributed by atoms with Gasteiger partial charge in [0.1, 0.15) is 11.4 Å². The average molecular weight is 323 g/mol. The first-order valence-corrected chi connectivity index (χ1v) is 7.00. The van der Waals surface area contributed by atoms with Gasteiger partial charge in [-0.15, -0.1) is 0 Å². The molecule has 0 N–H and O–H groups in total. The minimum Gasteiger partial charge on any atom is -0.623 e. The summed E-state index contributed by atoms with van der Waals surface area (Å²) >= 11 is 3.63. The quantitative estimate of drug-likeness (QED) is 0.597. The molecule has 0 radical (unpaired) electrons. The van der Waals surface area contributed by atoms with Crippen molar-refractivity contribution in [2.24, 2.45) is 0 Å². The van der Waals surface area contributed by atoms with E-state index in [1.807, 2.05) is 32.0 Å². The van der Waals surface area contributed by atoms with Gasteiger partial charge in [-0.3, -0.25) is 0 Å². The highest BCUT2D eigenvalue weighted by Crippen LogP contribution is 2.35. The van der Waals surface area contributed by atoms with Crippen molar-refractivity contribution in [2.75, 3.05) is 7.11 Å². The molecule has 5 heteroatoms. The Kier molecular flexibility index (Phi) is 2.82. The van der Waals surface area contributed by atoms with E-state index < -0.39 is 0 Å². The Hall–Kier alpha value is -1.49. The minimum absolute atomic E-state index is 0.0444. The Bertz CT molecular complexity index is 703. The number of halogens is 1. The lowest BCUT2D eigenvalue weighted by Crippen LogP contribution is -2.35. The molecule has 0 bridgehead atoms. The molecule has 100 valence electrons. The van der Waals surface area contributed by atoms with Gasteiger partial charge in [0, 0.05) is 19.2 Å². The number of hydrogen-bond acceptors (Lipinski definition) is 2. The molecule has 0 amide bonds. The molecule has 1 aromatic heterocycles. The Morgan fingerprint density at radius 2 is 2.21 bits per heavy atom. The summed E-state index contributed by atoms with van der Waals surface area (Å²) in [4.78, 5) is 0. The van der Waals surface area contributed by atoms with E-state index in [4.69, 9.17) is 4.74 Å². The molecule has 2 aromatic rings. The second kappa shape index (κ2) is 4.27. The van der Waals surface area contributed by atoms with E-state index in [0.717, 1.165) is 37.3 Å². The maximum atomic E-state index is 12.1. The van der Waals surface area contributed by atoms with E-state index in [1.54, 1.807) is 7.11 Å². The van der Waals surface area contributed by atoms with E-state index in [0.29, 0.717) is 6.54 Å². The summed E-state index contributed by atoms with van der Waals surface area (Å²) in [7, 11) is 1.66. The monoisotopic (exact) mass is 322 g/mol. The van der Waals surface area contributed by atoms with Crippen molar-refractivity contribution in [3.05, 3.63) is 33.6 Å². The molecule has 3 rings (SSSR count). The first kappa shape index (κ1) is 12.5. The van der Waals surface area contributed by atoms with E-state index in [1.165, 1.54) is 0 Å². The third kappa shape index (κ3) is 1.68. The fourth-order valence-electron chi connectivity index (χ4n) is 2.74. The number of benzene rings is 1. The first-order chi connectivity index (χ1) is 9.04. The van der Waals surface area contributed by atoms with Crippen molar-refractivity contribution in [1.29, 1.82) is 0 Å². The van der Waals surface area contributed by atoms with Crippen LogP contribution in [-0.4, -0.2) is 28.2 Å². The van der Waals surface area contributed by atoms with Crippen LogP contribution < -0.4 is 4.74 Å². The molecule has 1 unspecified atom stereocenters. The van der Waals surface area contributed by atoms with Gasteiger partial charge in [0.15, 0.2) is 6.04 Å². The standard InChI is InChI=1S/C14H15BrN2O2/c1-8-7-16-12-5-4-10(19-3)6-11(12)13(15)14(16)9(2)17(8)18/h4-6,8H,7H2,1-3H3. The van der Waals surface area contributed by atoms with Gasteiger partial charge in [0.2, 0.25) is 5.71 Å². The van der Waals surface area contributed by atoms with Gasteiger partial charge < -0.3 is 14.5 Å².